The van der Waals surface area contributed by atoms with Gasteiger partial charge in [-0.2, -0.15) is 0 Å². The molecule has 0 saturated carbocycles. The predicted octanol–water partition coefficient (Wildman–Crippen LogP) is 1.00. The lowest BCUT2D eigenvalue weighted by Gasteiger charge is -2.14. The SMILES string of the molecule is Cl.O=C(Cc1ccc(Cl)cc1)NCC1CNCC1O. The van der Waals surface area contributed by atoms with Crippen LogP contribution in [0.1, 0.15) is 5.56 Å². The van der Waals surface area contributed by atoms with Crippen LogP contribution in [0.2, 0.25) is 5.02 Å². The van der Waals surface area contributed by atoms with Gasteiger partial charge in [-0.1, -0.05) is 23.7 Å². The second kappa shape index (κ2) is 7.70. The molecule has 1 amide bonds. The van der Waals surface area contributed by atoms with Gasteiger partial charge in [0.2, 0.25) is 5.91 Å². The minimum absolute atomic E-state index is 0. The van der Waals surface area contributed by atoms with Crippen molar-refractivity contribution >= 4 is 29.9 Å². The van der Waals surface area contributed by atoms with Gasteiger partial charge in [0.15, 0.2) is 0 Å². The van der Waals surface area contributed by atoms with Gasteiger partial charge in [-0.05, 0) is 17.7 Å². The number of halogens is 2. The number of hydrogen-bond donors (Lipinski definition) is 3. The quantitative estimate of drug-likeness (QED) is 0.778. The molecule has 1 aromatic carbocycles. The molecular formula is C13H18Cl2N2O2. The van der Waals surface area contributed by atoms with Crippen LogP contribution in [0.5, 0.6) is 0 Å². The molecule has 1 saturated heterocycles. The minimum Gasteiger partial charge on any atom is -0.391 e. The fourth-order valence-corrected chi connectivity index (χ4v) is 2.15. The molecule has 4 nitrogen and oxygen atoms in total. The van der Waals surface area contributed by atoms with Gasteiger partial charge in [0.25, 0.3) is 0 Å². The van der Waals surface area contributed by atoms with Gasteiger partial charge >= 0.3 is 0 Å². The molecule has 19 heavy (non-hydrogen) atoms. The number of carbonyl (C=O) groups excluding carboxylic acids is 1. The summed E-state index contributed by atoms with van der Waals surface area (Å²) < 4.78 is 0. The predicted molar refractivity (Wildman–Crippen MR) is 77.8 cm³/mol. The van der Waals surface area contributed by atoms with Crippen molar-refractivity contribution in [1.29, 1.82) is 0 Å². The maximum absolute atomic E-state index is 11.7. The Morgan fingerprint density at radius 2 is 2.05 bits per heavy atom. The summed E-state index contributed by atoms with van der Waals surface area (Å²) in [6, 6.07) is 7.23. The van der Waals surface area contributed by atoms with Crippen molar-refractivity contribution in [3.8, 4) is 0 Å². The number of hydrogen-bond acceptors (Lipinski definition) is 3. The lowest BCUT2D eigenvalue weighted by atomic mass is 10.1. The normalized spacial score (nSPS) is 21.8. The number of rotatable bonds is 4. The first kappa shape index (κ1) is 16.2. The van der Waals surface area contributed by atoms with Gasteiger partial charge in [-0.15, -0.1) is 12.4 Å². The van der Waals surface area contributed by atoms with E-state index in [2.05, 4.69) is 10.6 Å². The summed E-state index contributed by atoms with van der Waals surface area (Å²) in [6.45, 7) is 1.88. The number of carbonyl (C=O) groups is 1. The van der Waals surface area contributed by atoms with Gasteiger partial charge in [-0.3, -0.25) is 4.79 Å². The number of β-amino-alcohol motifs (C(OH)–C–C–N with tert-alkyl or cyclic N) is 1. The minimum atomic E-state index is -0.360. The van der Waals surface area contributed by atoms with Crippen molar-refractivity contribution in [3.63, 3.8) is 0 Å². The Labute approximate surface area is 123 Å². The van der Waals surface area contributed by atoms with Crippen LogP contribution in [0, 0.1) is 5.92 Å². The zero-order valence-electron chi connectivity index (χ0n) is 10.4. The average molecular weight is 305 g/mol. The van der Waals surface area contributed by atoms with E-state index in [-0.39, 0.29) is 30.3 Å². The molecule has 0 aromatic heterocycles. The summed E-state index contributed by atoms with van der Waals surface area (Å²) in [7, 11) is 0. The van der Waals surface area contributed by atoms with E-state index in [0.717, 1.165) is 12.1 Å². The first-order chi connectivity index (χ1) is 8.65. The zero-order chi connectivity index (χ0) is 13.0. The van der Waals surface area contributed by atoms with Crippen LogP contribution in [0.3, 0.4) is 0 Å². The smallest absolute Gasteiger partial charge is 0.224 e. The highest BCUT2D eigenvalue weighted by Crippen LogP contribution is 2.10. The van der Waals surface area contributed by atoms with E-state index in [1.54, 1.807) is 12.1 Å². The van der Waals surface area contributed by atoms with Gasteiger partial charge in [-0.25, -0.2) is 0 Å². The molecule has 6 heteroatoms. The molecule has 0 bridgehead atoms. The van der Waals surface area contributed by atoms with Gasteiger partial charge in [0.1, 0.15) is 0 Å². The van der Waals surface area contributed by atoms with Crippen LogP contribution in [-0.2, 0) is 11.2 Å². The number of aliphatic hydroxyl groups excluding tert-OH is 1. The molecule has 106 valence electrons. The van der Waals surface area contributed by atoms with Crippen LogP contribution in [-0.4, -0.2) is 36.8 Å². The van der Waals surface area contributed by atoms with Gasteiger partial charge < -0.3 is 15.7 Å². The number of aliphatic hydroxyl groups is 1. The Morgan fingerprint density at radius 1 is 1.37 bits per heavy atom. The summed E-state index contributed by atoms with van der Waals surface area (Å²) in [4.78, 5) is 11.7. The number of nitrogens with one attached hydrogen (secondary N) is 2. The monoisotopic (exact) mass is 304 g/mol. The van der Waals surface area contributed by atoms with E-state index >= 15 is 0 Å². The van der Waals surface area contributed by atoms with E-state index in [1.807, 2.05) is 12.1 Å². The molecule has 1 heterocycles. The summed E-state index contributed by atoms with van der Waals surface area (Å²) in [5.41, 5.74) is 0.932. The molecule has 1 aromatic rings. The number of amides is 1. The number of benzene rings is 1. The largest absolute Gasteiger partial charge is 0.391 e. The Balaban J connectivity index is 0.00000180. The van der Waals surface area contributed by atoms with Crippen LogP contribution < -0.4 is 10.6 Å². The molecular weight excluding hydrogens is 287 g/mol. The van der Waals surface area contributed by atoms with Crippen molar-refractivity contribution in [2.24, 2.45) is 5.92 Å². The molecule has 0 spiro atoms. The van der Waals surface area contributed by atoms with Gasteiger partial charge in [0.05, 0.1) is 12.5 Å². The second-order valence-corrected chi connectivity index (χ2v) is 5.03. The van der Waals surface area contributed by atoms with Crippen LogP contribution in [0.4, 0.5) is 0 Å². The Kier molecular flexibility index (Phi) is 6.58. The Morgan fingerprint density at radius 3 is 2.63 bits per heavy atom. The van der Waals surface area contributed by atoms with E-state index < -0.39 is 0 Å². The second-order valence-electron chi connectivity index (χ2n) is 4.59. The van der Waals surface area contributed by atoms with E-state index in [0.29, 0.717) is 24.5 Å². The van der Waals surface area contributed by atoms with Crippen molar-refractivity contribution in [2.45, 2.75) is 12.5 Å². The van der Waals surface area contributed by atoms with E-state index in [4.69, 9.17) is 11.6 Å². The van der Waals surface area contributed by atoms with E-state index in [1.165, 1.54) is 0 Å². The van der Waals surface area contributed by atoms with E-state index in [9.17, 15) is 9.90 Å². The van der Waals surface area contributed by atoms with Crippen molar-refractivity contribution in [3.05, 3.63) is 34.9 Å². The van der Waals surface area contributed by atoms with Crippen LogP contribution in [0.25, 0.3) is 0 Å². The highest BCUT2D eigenvalue weighted by molar-refractivity contribution is 6.30. The molecule has 2 rings (SSSR count). The third-order valence-corrected chi connectivity index (χ3v) is 3.40. The molecule has 3 N–H and O–H groups in total. The Hall–Kier alpha value is -0.810. The van der Waals surface area contributed by atoms with Crippen molar-refractivity contribution < 1.29 is 9.90 Å². The highest BCUT2D eigenvalue weighted by atomic mass is 35.5. The van der Waals surface area contributed by atoms with Crippen molar-refractivity contribution in [1.82, 2.24) is 10.6 Å². The summed E-state index contributed by atoms with van der Waals surface area (Å²) in [6.07, 6.45) is -0.0197. The van der Waals surface area contributed by atoms with Gasteiger partial charge in [0, 0.05) is 30.6 Å². The summed E-state index contributed by atoms with van der Waals surface area (Å²) in [5.74, 6) is 0.0793. The fraction of sp³-hybridized carbons (Fsp3) is 0.462. The van der Waals surface area contributed by atoms with Crippen molar-refractivity contribution in [2.75, 3.05) is 19.6 Å². The fourth-order valence-electron chi connectivity index (χ4n) is 2.02. The third-order valence-electron chi connectivity index (χ3n) is 3.14. The Bertz CT molecular complexity index is 412. The average Bonchev–Trinajstić information content (AvgIpc) is 2.75. The highest BCUT2D eigenvalue weighted by Gasteiger charge is 2.24. The molecule has 2 unspecified atom stereocenters. The maximum Gasteiger partial charge on any atom is 0.224 e. The first-order valence-corrected chi connectivity index (χ1v) is 6.43. The molecule has 1 fully saturated rings. The lowest BCUT2D eigenvalue weighted by Crippen LogP contribution is -2.35. The topological polar surface area (TPSA) is 61.4 Å². The zero-order valence-corrected chi connectivity index (χ0v) is 12.0. The first-order valence-electron chi connectivity index (χ1n) is 6.05. The van der Waals surface area contributed by atoms with Crippen LogP contribution in [0.15, 0.2) is 24.3 Å². The standard InChI is InChI=1S/C13H17ClN2O2.ClH/c14-11-3-1-9(2-4-11)5-13(18)16-7-10-6-15-8-12(10)17;/h1-4,10,12,15,17H,5-8H2,(H,16,18);1H. The molecule has 0 aliphatic carbocycles. The maximum atomic E-state index is 11.7. The summed E-state index contributed by atoms with van der Waals surface area (Å²) >= 11 is 5.78. The third kappa shape index (κ3) is 4.99. The molecule has 1 aliphatic heterocycles. The summed E-state index contributed by atoms with van der Waals surface area (Å²) in [5, 5.41) is 16.2. The molecule has 0 radical (unpaired) electrons. The molecule has 1 aliphatic rings. The molecule has 2 atom stereocenters. The lowest BCUT2D eigenvalue weighted by molar-refractivity contribution is -0.120. The van der Waals surface area contributed by atoms with Crippen LogP contribution >= 0.6 is 24.0 Å².